The monoisotopic (exact) mass is 494 g/mol. The molecule has 0 amide bonds. The first kappa shape index (κ1) is 21.7. The summed E-state index contributed by atoms with van der Waals surface area (Å²) in [7, 11) is -2.51. The molecule has 2 N–H and O–H groups in total. The van der Waals surface area contributed by atoms with Crippen molar-refractivity contribution in [1.29, 1.82) is 0 Å². The van der Waals surface area contributed by atoms with Crippen molar-refractivity contribution >= 4 is 34.2 Å². The fraction of sp³-hybridized carbons (Fsp3) is 0.565. The van der Waals surface area contributed by atoms with Crippen molar-refractivity contribution in [1.82, 2.24) is 9.97 Å². The van der Waals surface area contributed by atoms with Crippen LogP contribution in [0, 0.1) is 11.8 Å². The van der Waals surface area contributed by atoms with Crippen molar-refractivity contribution in [3.05, 3.63) is 40.5 Å². The van der Waals surface area contributed by atoms with Crippen molar-refractivity contribution < 1.29 is 18.1 Å². The second-order valence-corrected chi connectivity index (χ2v) is 11.9. The molecule has 0 radical (unpaired) electrons. The molecule has 33 heavy (non-hydrogen) atoms. The van der Waals surface area contributed by atoms with Crippen molar-refractivity contribution in [2.75, 3.05) is 29.9 Å². The van der Waals surface area contributed by atoms with Crippen molar-refractivity contribution in [2.45, 2.75) is 53.7 Å². The quantitative estimate of drug-likeness (QED) is 0.655. The maximum Gasteiger partial charge on any atom is 0.331 e. The van der Waals surface area contributed by atoms with E-state index in [0.29, 0.717) is 23.7 Å². The van der Waals surface area contributed by atoms with Gasteiger partial charge in [-0.25, -0.2) is 9.19 Å². The highest BCUT2D eigenvalue weighted by molar-refractivity contribution is 7.86. The summed E-state index contributed by atoms with van der Waals surface area (Å²) in [5, 5.41) is 10.4. The number of nitrogens with one attached hydrogen (secondary N) is 1. The maximum atomic E-state index is 14.4. The molecule has 3 aliphatic heterocycles. The third-order valence-corrected chi connectivity index (χ3v) is 9.56. The minimum atomic E-state index is -3.36. The van der Waals surface area contributed by atoms with Gasteiger partial charge in [-0.1, -0.05) is 23.7 Å². The Morgan fingerprint density at radius 3 is 2.48 bits per heavy atom. The largest absolute Gasteiger partial charge is 0.394 e. The molecule has 2 aromatic rings. The number of aliphatic hydroxyl groups is 1. The van der Waals surface area contributed by atoms with Gasteiger partial charge in [0.05, 0.1) is 24.3 Å². The molecule has 2 aliphatic carbocycles. The Morgan fingerprint density at radius 1 is 1.18 bits per heavy atom. The summed E-state index contributed by atoms with van der Waals surface area (Å²) >= 11 is 6.04. The highest BCUT2D eigenvalue weighted by Gasteiger charge is 2.51. The molecule has 6 nitrogen and oxygen atoms in total. The number of alkyl halides is 2. The second kappa shape index (κ2) is 7.58. The van der Waals surface area contributed by atoms with Crippen molar-refractivity contribution in [3.63, 3.8) is 0 Å². The average molecular weight is 495 g/mol. The van der Waals surface area contributed by atoms with E-state index in [4.69, 9.17) is 11.6 Å². The van der Waals surface area contributed by atoms with Crippen LogP contribution in [0.5, 0.6) is 0 Å². The number of halogens is 3. The lowest BCUT2D eigenvalue weighted by molar-refractivity contribution is 0.103. The molecule has 2 saturated carbocycles. The summed E-state index contributed by atoms with van der Waals surface area (Å²) in [6.45, 7) is 1.36. The van der Waals surface area contributed by atoms with Gasteiger partial charge in [0.25, 0.3) is 0 Å². The lowest BCUT2D eigenvalue weighted by Gasteiger charge is -2.54. The molecule has 2 saturated heterocycles. The van der Waals surface area contributed by atoms with Crippen LogP contribution < -0.4 is 10.2 Å². The first-order valence-electron chi connectivity index (χ1n) is 11.4. The van der Waals surface area contributed by atoms with E-state index < -0.39 is 28.0 Å². The summed E-state index contributed by atoms with van der Waals surface area (Å²) in [6, 6.07) is 8.00. The zero-order chi connectivity index (χ0) is 23.0. The SMILES string of the molecule is O=S1c2c(nc(N3CC4CC(C3)C4c3ccc(Cl)cc3)nc2NC2(CO)CCC2)CC1(F)F. The Kier molecular flexibility index (Phi) is 4.98. The predicted octanol–water partition coefficient (Wildman–Crippen LogP) is 3.95. The van der Waals surface area contributed by atoms with Gasteiger partial charge in [0.1, 0.15) is 21.5 Å². The summed E-state index contributed by atoms with van der Waals surface area (Å²) < 4.78 is 41.3. The van der Waals surface area contributed by atoms with Gasteiger partial charge in [-0.3, -0.25) is 0 Å². The zero-order valence-electron chi connectivity index (χ0n) is 17.9. The van der Waals surface area contributed by atoms with Gasteiger partial charge in [0.2, 0.25) is 5.95 Å². The lowest BCUT2D eigenvalue weighted by atomic mass is 9.59. The van der Waals surface area contributed by atoms with Gasteiger partial charge in [-0.2, -0.15) is 13.8 Å². The third kappa shape index (κ3) is 3.46. The average Bonchev–Trinajstić information content (AvgIpc) is 3.00. The molecule has 0 spiro atoms. The number of rotatable bonds is 5. The minimum Gasteiger partial charge on any atom is -0.394 e. The fourth-order valence-electron chi connectivity index (χ4n) is 5.89. The van der Waals surface area contributed by atoms with Crippen LogP contribution in [0.15, 0.2) is 29.2 Å². The molecule has 176 valence electrons. The van der Waals surface area contributed by atoms with E-state index in [0.717, 1.165) is 43.8 Å². The smallest absolute Gasteiger partial charge is 0.331 e. The number of benzene rings is 1. The highest BCUT2D eigenvalue weighted by Crippen LogP contribution is 2.52. The Morgan fingerprint density at radius 2 is 1.88 bits per heavy atom. The van der Waals surface area contributed by atoms with Gasteiger partial charge in [-0.15, -0.1) is 0 Å². The lowest BCUT2D eigenvalue weighted by Crippen LogP contribution is -2.54. The van der Waals surface area contributed by atoms with E-state index in [1.807, 2.05) is 12.1 Å². The molecular weight excluding hydrogens is 470 g/mol. The number of nitrogens with zero attached hydrogens (tertiary/aromatic N) is 3. The standard InChI is InChI=1S/C23H25ClF2N4O2S/c24-16-4-2-13(3-5-16)18-14-8-15(18)11-30(10-14)21-27-17-9-23(25,26)33(32)19(17)20(28-21)29-22(12-31)6-1-7-22/h2-5,14-15,18,31H,1,6-12H2,(H,27,28,29). The summed E-state index contributed by atoms with van der Waals surface area (Å²) in [6.07, 6.45) is 2.85. The highest BCUT2D eigenvalue weighted by atomic mass is 35.5. The number of fused-ring (bicyclic) bond motifs is 3. The van der Waals surface area contributed by atoms with Crippen LogP contribution in [0.3, 0.4) is 0 Å². The molecule has 1 aromatic heterocycles. The van der Waals surface area contributed by atoms with E-state index in [1.54, 1.807) is 0 Å². The van der Waals surface area contributed by atoms with Gasteiger partial charge >= 0.3 is 5.25 Å². The van der Waals surface area contributed by atoms with Crippen LogP contribution in [0.4, 0.5) is 20.5 Å². The number of piperidine rings is 2. The molecule has 10 heteroatoms. The topological polar surface area (TPSA) is 78.4 Å². The summed E-state index contributed by atoms with van der Waals surface area (Å²) in [4.78, 5) is 11.1. The van der Waals surface area contributed by atoms with Crippen LogP contribution in [-0.2, 0) is 17.2 Å². The number of hydrogen-bond donors (Lipinski definition) is 2. The van der Waals surface area contributed by atoms with Crippen molar-refractivity contribution in [2.24, 2.45) is 11.8 Å². The van der Waals surface area contributed by atoms with E-state index >= 15 is 0 Å². The van der Waals surface area contributed by atoms with Gasteiger partial charge in [0.15, 0.2) is 0 Å². The molecule has 4 fully saturated rings. The Bertz CT molecular complexity index is 1110. The predicted molar refractivity (Wildman–Crippen MR) is 122 cm³/mol. The Balaban J connectivity index is 1.30. The number of aromatic nitrogens is 2. The zero-order valence-corrected chi connectivity index (χ0v) is 19.5. The van der Waals surface area contributed by atoms with Crippen LogP contribution in [-0.4, -0.2) is 49.8 Å². The third-order valence-electron chi connectivity index (χ3n) is 7.82. The fourth-order valence-corrected chi connectivity index (χ4v) is 7.19. The number of hydrogen-bond acceptors (Lipinski definition) is 6. The summed E-state index contributed by atoms with van der Waals surface area (Å²) in [5.74, 6) is 1.92. The first-order chi connectivity index (χ1) is 15.8. The molecular formula is C23H25ClF2N4O2S. The molecule has 2 bridgehead atoms. The van der Waals surface area contributed by atoms with Gasteiger partial charge < -0.3 is 15.3 Å². The van der Waals surface area contributed by atoms with Crippen LogP contribution in [0.2, 0.25) is 5.02 Å². The maximum absolute atomic E-state index is 14.4. The Hall–Kier alpha value is -1.84. The van der Waals surface area contributed by atoms with Crippen LogP contribution >= 0.6 is 11.6 Å². The number of anilines is 2. The van der Waals surface area contributed by atoms with Crippen LogP contribution in [0.1, 0.15) is 42.9 Å². The summed E-state index contributed by atoms with van der Waals surface area (Å²) in [5.41, 5.74) is 0.833. The first-order valence-corrected chi connectivity index (χ1v) is 12.9. The molecule has 3 atom stereocenters. The number of aliphatic hydroxyl groups excluding tert-OH is 1. The van der Waals surface area contributed by atoms with E-state index in [9.17, 15) is 18.1 Å². The molecule has 4 heterocycles. The van der Waals surface area contributed by atoms with E-state index in [1.165, 1.54) is 5.56 Å². The molecule has 5 aliphatic rings. The second-order valence-electron chi connectivity index (χ2n) is 9.89. The van der Waals surface area contributed by atoms with Crippen molar-refractivity contribution in [3.8, 4) is 0 Å². The Labute approximate surface area is 198 Å². The molecule has 7 rings (SSSR count). The molecule has 1 aromatic carbocycles. The van der Waals surface area contributed by atoms with Gasteiger partial charge in [-0.05, 0) is 61.1 Å². The molecule has 3 unspecified atom stereocenters. The van der Waals surface area contributed by atoms with Gasteiger partial charge in [0, 0.05) is 18.1 Å². The minimum absolute atomic E-state index is 0.00955. The normalized spacial score (nSPS) is 30.8. The van der Waals surface area contributed by atoms with E-state index in [2.05, 4.69) is 32.3 Å². The van der Waals surface area contributed by atoms with E-state index in [-0.39, 0.29) is 23.0 Å². The van der Waals surface area contributed by atoms with Crippen LogP contribution in [0.25, 0.3) is 0 Å².